The predicted octanol–water partition coefficient (Wildman–Crippen LogP) is 5.00. The van der Waals surface area contributed by atoms with Crippen LogP contribution in [0.4, 0.5) is 5.69 Å². The molecule has 0 atom stereocenters. The van der Waals surface area contributed by atoms with Crippen molar-refractivity contribution >= 4 is 17.3 Å². The number of para-hydroxylation sites is 1. The fraction of sp³-hybridized carbons (Fsp3) is 0.478. The molecule has 3 aliphatic rings. The number of nitro groups is 1. The van der Waals surface area contributed by atoms with Gasteiger partial charge < -0.3 is 4.74 Å². The van der Waals surface area contributed by atoms with E-state index in [0.29, 0.717) is 53.9 Å². The number of benzene rings is 1. The van der Waals surface area contributed by atoms with Gasteiger partial charge in [-0.05, 0) is 10.8 Å². The van der Waals surface area contributed by atoms with Gasteiger partial charge in [-0.1, -0.05) is 45.9 Å². The van der Waals surface area contributed by atoms with Gasteiger partial charge in [0.2, 0.25) is 0 Å². The summed E-state index contributed by atoms with van der Waals surface area (Å²) in [6.45, 7) is 8.05. The summed E-state index contributed by atoms with van der Waals surface area (Å²) < 4.78 is 6.21. The molecule has 6 nitrogen and oxygen atoms in total. The third kappa shape index (κ3) is 3.30. The molecule has 6 heteroatoms. The van der Waals surface area contributed by atoms with Crippen molar-refractivity contribution in [1.82, 2.24) is 0 Å². The van der Waals surface area contributed by atoms with Gasteiger partial charge in [0.25, 0.3) is 5.69 Å². The zero-order chi connectivity index (χ0) is 21.1. The van der Waals surface area contributed by atoms with Crippen LogP contribution >= 0.6 is 0 Å². The van der Waals surface area contributed by atoms with E-state index in [-0.39, 0.29) is 28.1 Å². The smallest absolute Gasteiger partial charge is 0.273 e. The van der Waals surface area contributed by atoms with Crippen LogP contribution in [0.2, 0.25) is 0 Å². The van der Waals surface area contributed by atoms with Gasteiger partial charge in [0.1, 0.15) is 11.5 Å². The highest BCUT2D eigenvalue weighted by Gasteiger charge is 2.49. The largest absolute Gasteiger partial charge is 0.465 e. The maximum absolute atomic E-state index is 13.2. The molecule has 0 fully saturated rings. The second kappa shape index (κ2) is 6.37. The molecule has 152 valence electrons. The Morgan fingerprint density at radius 1 is 0.897 bits per heavy atom. The van der Waals surface area contributed by atoms with Crippen molar-refractivity contribution in [1.29, 1.82) is 0 Å². The second-order valence-corrected chi connectivity index (χ2v) is 9.91. The number of rotatable bonds is 2. The first-order valence-corrected chi connectivity index (χ1v) is 9.93. The fourth-order valence-corrected chi connectivity index (χ4v) is 4.88. The number of hydrogen-bond donors (Lipinski definition) is 0. The average Bonchev–Trinajstić information content (AvgIpc) is 2.57. The Bertz CT molecular complexity index is 960. The second-order valence-electron chi connectivity index (χ2n) is 9.91. The molecule has 1 heterocycles. The summed E-state index contributed by atoms with van der Waals surface area (Å²) in [5.41, 5.74) is 0.649. The van der Waals surface area contributed by atoms with Gasteiger partial charge in [-0.15, -0.1) is 0 Å². The van der Waals surface area contributed by atoms with E-state index in [4.69, 9.17) is 4.74 Å². The van der Waals surface area contributed by atoms with Gasteiger partial charge in [-0.25, -0.2) is 0 Å². The summed E-state index contributed by atoms with van der Waals surface area (Å²) in [5.74, 6) is 0.215. The minimum Gasteiger partial charge on any atom is -0.465 e. The van der Waals surface area contributed by atoms with E-state index < -0.39 is 10.8 Å². The molecule has 0 N–H and O–H groups in total. The number of carbonyl (C=O) groups excluding carboxylic acids is 2. The molecular formula is C23H25NO5. The summed E-state index contributed by atoms with van der Waals surface area (Å²) in [5, 5.41) is 11.7. The number of carbonyl (C=O) groups is 2. The standard InChI is InChI=1S/C23H25NO5/c1-22(2)9-15(25)20-17(11-22)29-18-12-23(3,4)10-16(26)21(18)19(20)13-7-5-6-8-14(13)24(27)28/h5-8,19H,9-12H2,1-4H3. The Morgan fingerprint density at radius 3 is 1.86 bits per heavy atom. The van der Waals surface area contributed by atoms with Crippen LogP contribution in [0.3, 0.4) is 0 Å². The van der Waals surface area contributed by atoms with Crippen LogP contribution in [-0.4, -0.2) is 16.5 Å². The van der Waals surface area contributed by atoms with E-state index in [2.05, 4.69) is 0 Å². The Kier molecular flexibility index (Phi) is 4.30. The number of hydrogen-bond acceptors (Lipinski definition) is 5. The molecule has 0 bridgehead atoms. The molecule has 0 radical (unpaired) electrons. The van der Waals surface area contributed by atoms with Gasteiger partial charge >= 0.3 is 0 Å². The minimum atomic E-state index is -0.734. The lowest BCUT2D eigenvalue weighted by molar-refractivity contribution is -0.385. The summed E-state index contributed by atoms with van der Waals surface area (Å²) in [4.78, 5) is 37.6. The molecule has 0 saturated heterocycles. The normalized spacial score (nSPS) is 23.4. The molecule has 2 aliphatic carbocycles. The van der Waals surface area contributed by atoms with Gasteiger partial charge in [-0.2, -0.15) is 0 Å². The van der Waals surface area contributed by atoms with Crippen LogP contribution in [0.1, 0.15) is 64.9 Å². The predicted molar refractivity (Wildman–Crippen MR) is 107 cm³/mol. The highest BCUT2D eigenvalue weighted by Crippen LogP contribution is 2.54. The highest BCUT2D eigenvalue weighted by atomic mass is 16.6. The van der Waals surface area contributed by atoms with Crippen molar-refractivity contribution in [2.75, 3.05) is 0 Å². The Hall–Kier alpha value is -2.76. The monoisotopic (exact) mass is 395 g/mol. The van der Waals surface area contributed by atoms with E-state index >= 15 is 0 Å². The van der Waals surface area contributed by atoms with Crippen LogP contribution in [0, 0.1) is 20.9 Å². The first-order chi connectivity index (χ1) is 13.5. The quantitative estimate of drug-likeness (QED) is 0.520. The van der Waals surface area contributed by atoms with Crippen molar-refractivity contribution in [2.24, 2.45) is 10.8 Å². The molecule has 1 aromatic rings. The number of allylic oxidation sites excluding steroid dienone is 4. The Labute approximate surface area is 169 Å². The van der Waals surface area contributed by atoms with Crippen molar-refractivity contribution in [3.05, 3.63) is 62.6 Å². The molecule has 4 rings (SSSR count). The SMILES string of the molecule is CC1(C)CC(=O)C2=C(C1)OC1=C(C(=O)CC(C)(C)C1)C2c1ccccc1[N+](=O)[O-]. The molecule has 0 unspecified atom stereocenters. The summed E-state index contributed by atoms with van der Waals surface area (Å²) in [6, 6.07) is 6.40. The average molecular weight is 395 g/mol. The highest BCUT2D eigenvalue weighted by molar-refractivity contribution is 6.06. The lowest BCUT2D eigenvalue weighted by atomic mass is 9.65. The van der Waals surface area contributed by atoms with Crippen LogP contribution in [0.5, 0.6) is 0 Å². The van der Waals surface area contributed by atoms with Crippen molar-refractivity contribution < 1.29 is 19.2 Å². The third-order valence-corrected chi connectivity index (χ3v) is 6.03. The first-order valence-electron chi connectivity index (χ1n) is 9.93. The molecule has 29 heavy (non-hydrogen) atoms. The minimum absolute atomic E-state index is 0.0756. The molecule has 1 aromatic carbocycles. The molecule has 1 aliphatic heterocycles. The lowest BCUT2D eigenvalue weighted by Crippen LogP contribution is -2.37. The van der Waals surface area contributed by atoms with Gasteiger partial charge in [0.15, 0.2) is 11.6 Å². The molecule has 0 amide bonds. The van der Waals surface area contributed by atoms with Gasteiger partial charge in [0, 0.05) is 48.5 Å². The fourth-order valence-electron chi connectivity index (χ4n) is 4.88. The lowest BCUT2D eigenvalue weighted by Gasteiger charge is -2.42. The molecular weight excluding hydrogens is 370 g/mol. The summed E-state index contributed by atoms with van der Waals surface area (Å²) in [7, 11) is 0. The third-order valence-electron chi connectivity index (χ3n) is 6.03. The van der Waals surface area contributed by atoms with E-state index in [1.165, 1.54) is 6.07 Å². The maximum Gasteiger partial charge on any atom is 0.273 e. The van der Waals surface area contributed by atoms with E-state index in [0.717, 1.165) is 0 Å². The van der Waals surface area contributed by atoms with E-state index in [1.54, 1.807) is 18.2 Å². The van der Waals surface area contributed by atoms with Crippen LogP contribution in [0.25, 0.3) is 0 Å². The van der Waals surface area contributed by atoms with E-state index in [1.807, 2.05) is 27.7 Å². The summed E-state index contributed by atoms with van der Waals surface area (Å²) in [6.07, 6.45) is 1.79. The maximum atomic E-state index is 13.2. The number of nitrogens with zero attached hydrogens (tertiary/aromatic N) is 1. The number of ether oxygens (including phenoxy) is 1. The van der Waals surface area contributed by atoms with Crippen LogP contribution in [-0.2, 0) is 14.3 Å². The molecule has 0 spiro atoms. The summed E-state index contributed by atoms with van der Waals surface area (Å²) >= 11 is 0. The van der Waals surface area contributed by atoms with Crippen molar-refractivity contribution in [3.8, 4) is 0 Å². The zero-order valence-corrected chi connectivity index (χ0v) is 17.2. The number of ketones is 2. The van der Waals surface area contributed by atoms with E-state index in [9.17, 15) is 19.7 Å². The number of Topliss-reactive ketones (excluding diaryl/α,β-unsaturated/α-hetero) is 2. The van der Waals surface area contributed by atoms with Crippen LogP contribution in [0.15, 0.2) is 46.9 Å². The van der Waals surface area contributed by atoms with Crippen molar-refractivity contribution in [3.63, 3.8) is 0 Å². The van der Waals surface area contributed by atoms with Crippen LogP contribution < -0.4 is 0 Å². The molecule has 0 saturated carbocycles. The molecule has 0 aromatic heterocycles. The first kappa shape index (κ1) is 19.6. The van der Waals surface area contributed by atoms with Gasteiger partial charge in [-0.3, -0.25) is 19.7 Å². The Balaban J connectivity index is 1.97. The zero-order valence-electron chi connectivity index (χ0n) is 17.2. The van der Waals surface area contributed by atoms with Crippen molar-refractivity contribution in [2.45, 2.75) is 59.3 Å². The number of nitro benzene ring substituents is 1. The van der Waals surface area contributed by atoms with Gasteiger partial charge in [0.05, 0.1) is 10.8 Å². The Morgan fingerprint density at radius 2 is 1.38 bits per heavy atom. The topological polar surface area (TPSA) is 86.5 Å².